The van der Waals surface area contributed by atoms with Gasteiger partial charge in [0.15, 0.2) is 0 Å². The van der Waals surface area contributed by atoms with Crippen molar-refractivity contribution in [2.24, 2.45) is 0 Å². The number of anilines is 1. The van der Waals surface area contributed by atoms with Crippen LogP contribution >= 0.6 is 0 Å². The van der Waals surface area contributed by atoms with Crippen LogP contribution in [0.1, 0.15) is 25.5 Å². The van der Waals surface area contributed by atoms with Crippen molar-refractivity contribution in [2.45, 2.75) is 20.0 Å². The van der Waals surface area contributed by atoms with E-state index in [2.05, 4.69) is 4.90 Å². The van der Waals surface area contributed by atoms with Crippen LogP contribution in [-0.2, 0) is 0 Å². The first-order chi connectivity index (χ1) is 7.20. The van der Waals surface area contributed by atoms with Gasteiger partial charge in [0, 0.05) is 24.3 Å². The molecule has 0 bridgehead atoms. The van der Waals surface area contributed by atoms with Crippen molar-refractivity contribution in [3.63, 3.8) is 0 Å². The second kappa shape index (κ2) is 5.73. The van der Waals surface area contributed by atoms with Gasteiger partial charge in [0.1, 0.15) is 0 Å². The molecule has 0 aliphatic rings. The summed E-state index contributed by atoms with van der Waals surface area (Å²) in [6.07, 6.45) is -0.478. The molecule has 0 spiro atoms. The van der Waals surface area contributed by atoms with Crippen LogP contribution < -0.4 is 4.90 Å². The summed E-state index contributed by atoms with van der Waals surface area (Å²) in [5.41, 5.74) is 1.91. The molecule has 15 heavy (non-hydrogen) atoms. The Morgan fingerprint density at radius 1 is 1.33 bits per heavy atom. The molecule has 0 aliphatic heterocycles. The minimum Gasteiger partial charge on any atom is -0.395 e. The third-order valence-corrected chi connectivity index (χ3v) is 2.48. The molecule has 0 saturated carbocycles. The number of aliphatic hydroxyl groups excluding tert-OH is 2. The smallest absolute Gasteiger partial charge is 0.0781 e. The van der Waals surface area contributed by atoms with E-state index >= 15 is 0 Å². The number of hydrogen-bond acceptors (Lipinski definition) is 3. The van der Waals surface area contributed by atoms with Gasteiger partial charge in [-0.3, -0.25) is 0 Å². The van der Waals surface area contributed by atoms with Crippen molar-refractivity contribution < 1.29 is 10.2 Å². The van der Waals surface area contributed by atoms with Gasteiger partial charge in [-0.15, -0.1) is 0 Å². The van der Waals surface area contributed by atoms with Crippen molar-refractivity contribution >= 4 is 5.69 Å². The summed E-state index contributed by atoms with van der Waals surface area (Å²) in [5, 5.41) is 18.6. The molecule has 84 valence electrons. The number of hydrogen-bond donors (Lipinski definition) is 2. The molecular weight excluding hydrogens is 190 g/mol. The predicted octanol–water partition coefficient (Wildman–Crippen LogP) is 1.56. The van der Waals surface area contributed by atoms with Crippen LogP contribution in [0, 0.1) is 0 Å². The van der Waals surface area contributed by atoms with Crippen molar-refractivity contribution in [2.75, 3.05) is 24.6 Å². The molecule has 0 aliphatic carbocycles. The van der Waals surface area contributed by atoms with Crippen LogP contribution in [0.5, 0.6) is 0 Å². The lowest BCUT2D eigenvalue weighted by Crippen LogP contribution is -2.27. The van der Waals surface area contributed by atoms with E-state index in [4.69, 9.17) is 5.11 Å². The molecule has 0 aromatic heterocycles. The minimum absolute atomic E-state index is 0.127. The van der Waals surface area contributed by atoms with Crippen molar-refractivity contribution in [1.82, 2.24) is 0 Å². The number of benzene rings is 1. The van der Waals surface area contributed by atoms with Crippen molar-refractivity contribution in [3.05, 3.63) is 29.8 Å². The normalized spacial score (nSPS) is 12.5. The standard InChI is InChI=1S/C12H19NO2/c1-3-13(8-9-14)12-7-5-4-6-11(12)10(2)15/h4-7,10,14-15H,3,8-9H2,1-2H3. The number of para-hydroxylation sites is 1. The maximum absolute atomic E-state index is 9.63. The van der Waals surface area contributed by atoms with Crippen LogP contribution in [-0.4, -0.2) is 29.9 Å². The first kappa shape index (κ1) is 12.0. The number of aliphatic hydroxyl groups is 2. The maximum Gasteiger partial charge on any atom is 0.0781 e. The Morgan fingerprint density at radius 3 is 2.53 bits per heavy atom. The highest BCUT2D eigenvalue weighted by atomic mass is 16.3. The molecule has 1 aromatic carbocycles. The van der Waals surface area contributed by atoms with E-state index in [1.165, 1.54) is 0 Å². The van der Waals surface area contributed by atoms with Gasteiger partial charge in [-0.05, 0) is 19.9 Å². The fourth-order valence-corrected chi connectivity index (χ4v) is 1.70. The quantitative estimate of drug-likeness (QED) is 0.773. The molecule has 1 aromatic rings. The fourth-order valence-electron chi connectivity index (χ4n) is 1.70. The fraction of sp³-hybridized carbons (Fsp3) is 0.500. The van der Waals surface area contributed by atoms with E-state index in [0.717, 1.165) is 17.8 Å². The molecule has 1 atom stereocenters. The highest BCUT2D eigenvalue weighted by Crippen LogP contribution is 2.25. The molecule has 0 saturated heterocycles. The van der Waals surface area contributed by atoms with Crippen LogP contribution in [0.2, 0.25) is 0 Å². The zero-order chi connectivity index (χ0) is 11.3. The molecular formula is C12H19NO2. The topological polar surface area (TPSA) is 43.7 Å². The van der Waals surface area contributed by atoms with Crippen LogP contribution in [0.4, 0.5) is 5.69 Å². The summed E-state index contributed by atoms with van der Waals surface area (Å²) in [5.74, 6) is 0. The highest BCUT2D eigenvalue weighted by molar-refractivity contribution is 5.54. The van der Waals surface area contributed by atoms with E-state index in [0.29, 0.717) is 6.54 Å². The molecule has 0 radical (unpaired) electrons. The average molecular weight is 209 g/mol. The van der Waals surface area contributed by atoms with E-state index in [-0.39, 0.29) is 6.61 Å². The molecule has 3 heteroatoms. The van der Waals surface area contributed by atoms with Crippen LogP contribution in [0.15, 0.2) is 24.3 Å². The predicted molar refractivity (Wildman–Crippen MR) is 62.0 cm³/mol. The number of nitrogens with zero attached hydrogens (tertiary/aromatic N) is 1. The minimum atomic E-state index is -0.478. The van der Waals surface area contributed by atoms with Crippen LogP contribution in [0.3, 0.4) is 0 Å². The zero-order valence-electron chi connectivity index (χ0n) is 9.35. The summed E-state index contributed by atoms with van der Waals surface area (Å²) in [6, 6.07) is 7.75. The lowest BCUT2D eigenvalue weighted by Gasteiger charge is -2.25. The SMILES string of the molecule is CCN(CCO)c1ccccc1C(C)O. The molecule has 3 nitrogen and oxygen atoms in total. The Kier molecular flexibility index (Phi) is 4.59. The van der Waals surface area contributed by atoms with Crippen LogP contribution in [0.25, 0.3) is 0 Å². The van der Waals surface area contributed by atoms with Gasteiger partial charge in [-0.25, -0.2) is 0 Å². The lowest BCUT2D eigenvalue weighted by molar-refractivity contribution is 0.199. The molecule has 0 heterocycles. The largest absolute Gasteiger partial charge is 0.395 e. The first-order valence-electron chi connectivity index (χ1n) is 5.33. The Morgan fingerprint density at radius 2 is 2.00 bits per heavy atom. The van der Waals surface area contributed by atoms with Crippen molar-refractivity contribution in [3.8, 4) is 0 Å². The van der Waals surface area contributed by atoms with E-state index in [9.17, 15) is 5.11 Å². The maximum atomic E-state index is 9.63. The first-order valence-corrected chi connectivity index (χ1v) is 5.33. The highest BCUT2D eigenvalue weighted by Gasteiger charge is 2.11. The molecule has 0 fully saturated rings. The van der Waals surface area contributed by atoms with E-state index in [1.54, 1.807) is 6.92 Å². The van der Waals surface area contributed by atoms with Gasteiger partial charge in [-0.1, -0.05) is 18.2 Å². The Hall–Kier alpha value is -1.06. The summed E-state index contributed by atoms with van der Waals surface area (Å²) >= 11 is 0. The summed E-state index contributed by atoms with van der Waals surface area (Å²) < 4.78 is 0. The average Bonchev–Trinajstić information content (AvgIpc) is 2.26. The van der Waals surface area contributed by atoms with Gasteiger partial charge in [0.2, 0.25) is 0 Å². The number of likely N-dealkylation sites (N-methyl/N-ethyl adjacent to an activating group) is 1. The monoisotopic (exact) mass is 209 g/mol. The molecule has 0 amide bonds. The summed E-state index contributed by atoms with van der Waals surface area (Å²) in [4.78, 5) is 2.06. The van der Waals surface area contributed by atoms with Gasteiger partial charge in [-0.2, -0.15) is 0 Å². The zero-order valence-corrected chi connectivity index (χ0v) is 9.35. The third kappa shape index (κ3) is 2.94. The van der Waals surface area contributed by atoms with E-state index < -0.39 is 6.10 Å². The Balaban J connectivity index is 2.99. The van der Waals surface area contributed by atoms with Gasteiger partial charge in [0.25, 0.3) is 0 Å². The van der Waals surface area contributed by atoms with Crippen molar-refractivity contribution in [1.29, 1.82) is 0 Å². The van der Waals surface area contributed by atoms with Gasteiger partial charge in [0.05, 0.1) is 12.7 Å². The second-order valence-corrected chi connectivity index (χ2v) is 3.54. The Labute approximate surface area is 91.0 Å². The lowest BCUT2D eigenvalue weighted by atomic mass is 10.1. The second-order valence-electron chi connectivity index (χ2n) is 3.54. The summed E-state index contributed by atoms with van der Waals surface area (Å²) in [6.45, 7) is 5.34. The summed E-state index contributed by atoms with van der Waals surface area (Å²) in [7, 11) is 0. The van der Waals surface area contributed by atoms with E-state index in [1.807, 2.05) is 31.2 Å². The molecule has 1 unspecified atom stereocenters. The number of rotatable bonds is 5. The molecule has 2 N–H and O–H groups in total. The molecule has 1 rings (SSSR count). The van der Waals surface area contributed by atoms with Gasteiger partial charge < -0.3 is 15.1 Å². The Bertz CT molecular complexity index is 299. The third-order valence-electron chi connectivity index (χ3n) is 2.48. The van der Waals surface area contributed by atoms with Gasteiger partial charge >= 0.3 is 0 Å².